The highest BCUT2D eigenvalue weighted by Gasteiger charge is 2.23. The first-order valence-electron chi connectivity index (χ1n) is 8.32. The summed E-state index contributed by atoms with van der Waals surface area (Å²) in [6.07, 6.45) is 0. The molecule has 0 aromatic heterocycles. The number of rotatable bonds is 5. The largest absolute Gasteiger partial charge is 0.491 e. The molecular formula is C19H18ClF2N3O. The summed E-state index contributed by atoms with van der Waals surface area (Å²) in [4.78, 5) is 3.85. The third-order valence-electron chi connectivity index (χ3n) is 4.34. The fourth-order valence-electron chi connectivity index (χ4n) is 2.97. The number of halogens is 3. The number of hydrogen-bond acceptors (Lipinski definition) is 4. The zero-order valence-electron chi connectivity index (χ0n) is 14.1. The molecule has 1 aliphatic heterocycles. The van der Waals surface area contributed by atoms with Crippen LogP contribution in [0.4, 0.5) is 14.5 Å². The van der Waals surface area contributed by atoms with E-state index < -0.39 is 11.6 Å². The lowest BCUT2D eigenvalue weighted by atomic mass is 10.1. The average molecular weight is 378 g/mol. The number of nitriles is 1. The van der Waals surface area contributed by atoms with Gasteiger partial charge in [0.05, 0.1) is 16.7 Å². The van der Waals surface area contributed by atoms with E-state index in [0.29, 0.717) is 50.1 Å². The van der Waals surface area contributed by atoms with Gasteiger partial charge in [-0.15, -0.1) is 0 Å². The summed E-state index contributed by atoms with van der Waals surface area (Å²) < 4.78 is 33.9. The van der Waals surface area contributed by atoms with E-state index in [1.165, 1.54) is 0 Å². The topological polar surface area (TPSA) is 39.5 Å². The minimum atomic E-state index is -0.697. The Labute approximate surface area is 156 Å². The summed E-state index contributed by atoms with van der Waals surface area (Å²) >= 11 is 6.05. The van der Waals surface area contributed by atoms with E-state index in [1.807, 2.05) is 18.2 Å². The molecule has 2 aromatic carbocycles. The molecule has 1 aliphatic rings. The molecule has 136 valence electrons. The first-order chi connectivity index (χ1) is 12.6. The van der Waals surface area contributed by atoms with Gasteiger partial charge in [-0.2, -0.15) is 5.26 Å². The van der Waals surface area contributed by atoms with Gasteiger partial charge in [-0.05, 0) is 24.3 Å². The Morgan fingerprint density at radius 3 is 2.35 bits per heavy atom. The standard InChI is InChI=1S/C19H18ClF2N3O/c20-15-3-1-2-4-18(15)26-10-9-24-5-7-25(8-6-24)19-16(21)11-14(13-23)12-17(19)22/h1-4,11-12H,5-10H2. The predicted octanol–water partition coefficient (Wildman–Crippen LogP) is 3.69. The maximum absolute atomic E-state index is 14.1. The highest BCUT2D eigenvalue weighted by Crippen LogP contribution is 2.26. The molecule has 0 atom stereocenters. The molecule has 1 heterocycles. The number of piperazine rings is 1. The van der Waals surface area contributed by atoms with Crippen molar-refractivity contribution in [1.29, 1.82) is 5.26 Å². The highest BCUT2D eigenvalue weighted by molar-refractivity contribution is 6.32. The zero-order chi connectivity index (χ0) is 18.5. The van der Waals surface area contributed by atoms with Gasteiger partial charge in [0.1, 0.15) is 18.0 Å². The van der Waals surface area contributed by atoms with Crippen LogP contribution < -0.4 is 9.64 Å². The van der Waals surface area contributed by atoms with Crippen LogP contribution in [0.2, 0.25) is 5.02 Å². The van der Waals surface area contributed by atoms with Gasteiger partial charge < -0.3 is 9.64 Å². The van der Waals surface area contributed by atoms with Crippen molar-refractivity contribution < 1.29 is 13.5 Å². The molecule has 0 radical (unpaired) electrons. The highest BCUT2D eigenvalue weighted by atomic mass is 35.5. The molecular weight excluding hydrogens is 360 g/mol. The fraction of sp³-hybridized carbons (Fsp3) is 0.316. The van der Waals surface area contributed by atoms with Crippen LogP contribution in [0.5, 0.6) is 5.75 Å². The average Bonchev–Trinajstić information content (AvgIpc) is 2.64. The number of anilines is 1. The Kier molecular flexibility index (Phi) is 5.92. The lowest BCUT2D eigenvalue weighted by molar-refractivity contribution is 0.200. The molecule has 0 saturated carbocycles. The summed E-state index contributed by atoms with van der Waals surface area (Å²) in [6.45, 7) is 3.55. The Balaban J connectivity index is 1.52. The molecule has 0 bridgehead atoms. The van der Waals surface area contributed by atoms with Crippen molar-refractivity contribution in [1.82, 2.24) is 4.90 Å². The van der Waals surface area contributed by atoms with Crippen LogP contribution >= 0.6 is 11.6 Å². The van der Waals surface area contributed by atoms with Gasteiger partial charge >= 0.3 is 0 Å². The van der Waals surface area contributed by atoms with Gasteiger partial charge in [-0.1, -0.05) is 23.7 Å². The minimum absolute atomic E-state index is 0.0147. The summed E-state index contributed by atoms with van der Waals surface area (Å²) in [6, 6.07) is 11.2. The number of hydrogen-bond donors (Lipinski definition) is 0. The number of ether oxygens (including phenoxy) is 1. The molecule has 0 N–H and O–H groups in total. The van der Waals surface area contributed by atoms with Gasteiger partial charge in [0.2, 0.25) is 0 Å². The molecule has 4 nitrogen and oxygen atoms in total. The van der Waals surface area contributed by atoms with Crippen molar-refractivity contribution >= 4 is 17.3 Å². The predicted molar refractivity (Wildman–Crippen MR) is 96.7 cm³/mol. The number of para-hydroxylation sites is 1. The Morgan fingerprint density at radius 2 is 1.73 bits per heavy atom. The Hall–Kier alpha value is -2.36. The van der Waals surface area contributed by atoms with E-state index in [0.717, 1.165) is 12.1 Å². The van der Waals surface area contributed by atoms with Crippen LogP contribution in [0.15, 0.2) is 36.4 Å². The zero-order valence-corrected chi connectivity index (χ0v) is 14.8. The normalized spacial score (nSPS) is 14.9. The molecule has 0 aliphatic carbocycles. The molecule has 0 unspecified atom stereocenters. The van der Waals surface area contributed by atoms with Gasteiger partial charge in [0, 0.05) is 32.7 Å². The SMILES string of the molecule is N#Cc1cc(F)c(N2CCN(CCOc3ccccc3Cl)CC2)c(F)c1. The second-order valence-corrected chi connectivity index (χ2v) is 6.42. The van der Waals surface area contributed by atoms with Crippen molar-refractivity contribution in [2.45, 2.75) is 0 Å². The Bertz CT molecular complexity index is 794. The fourth-order valence-corrected chi connectivity index (χ4v) is 3.16. The molecule has 2 aromatic rings. The number of nitrogens with zero attached hydrogens (tertiary/aromatic N) is 3. The lowest BCUT2D eigenvalue weighted by Gasteiger charge is -2.36. The molecule has 3 rings (SSSR count). The maximum Gasteiger partial charge on any atom is 0.150 e. The molecule has 0 spiro atoms. The second-order valence-electron chi connectivity index (χ2n) is 6.01. The van der Waals surface area contributed by atoms with Gasteiger partial charge in [0.15, 0.2) is 11.6 Å². The third kappa shape index (κ3) is 4.24. The van der Waals surface area contributed by atoms with Crippen molar-refractivity contribution in [3.8, 4) is 11.8 Å². The third-order valence-corrected chi connectivity index (χ3v) is 4.65. The first-order valence-corrected chi connectivity index (χ1v) is 8.70. The quantitative estimate of drug-likeness (QED) is 0.796. The second kappa shape index (κ2) is 8.35. The Morgan fingerprint density at radius 1 is 1.08 bits per heavy atom. The smallest absolute Gasteiger partial charge is 0.150 e. The van der Waals surface area contributed by atoms with Crippen molar-refractivity contribution in [2.24, 2.45) is 0 Å². The molecule has 1 fully saturated rings. The van der Waals surface area contributed by atoms with E-state index in [-0.39, 0.29) is 11.3 Å². The summed E-state index contributed by atoms with van der Waals surface area (Å²) in [5.41, 5.74) is -0.0740. The summed E-state index contributed by atoms with van der Waals surface area (Å²) in [7, 11) is 0. The molecule has 1 saturated heterocycles. The minimum Gasteiger partial charge on any atom is -0.491 e. The van der Waals surface area contributed by atoms with Gasteiger partial charge in [0.25, 0.3) is 0 Å². The van der Waals surface area contributed by atoms with Crippen molar-refractivity contribution in [2.75, 3.05) is 44.2 Å². The molecule has 26 heavy (non-hydrogen) atoms. The van der Waals surface area contributed by atoms with Crippen LogP contribution in [-0.2, 0) is 0 Å². The van der Waals surface area contributed by atoms with E-state index in [1.54, 1.807) is 17.0 Å². The van der Waals surface area contributed by atoms with Crippen molar-refractivity contribution in [3.05, 3.63) is 58.6 Å². The number of benzene rings is 2. The van der Waals surface area contributed by atoms with E-state index in [2.05, 4.69) is 4.90 Å². The van der Waals surface area contributed by atoms with Crippen LogP contribution in [0, 0.1) is 23.0 Å². The van der Waals surface area contributed by atoms with Crippen LogP contribution in [-0.4, -0.2) is 44.2 Å². The van der Waals surface area contributed by atoms with Gasteiger partial charge in [-0.3, -0.25) is 4.90 Å². The van der Waals surface area contributed by atoms with E-state index in [9.17, 15) is 8.78 Å². The molecule has 0 amide bonds. The summed E-state index contributed by atoms with van der Waals surface area (Å²) in [5.74, 6) is -0.747. The van der Waals surface area contributed by atoms with Gasteiger partial charge in [-0.25, -0.2) is 8.78 Å². The van der Waals surface area contributed by atoms with Crippen LogP contribution in [0.25, 0.3) is 0 Å². The maximum atomic E-state index is 14.1. The van der Waals surface area contributed by atoms with Crippen LogP contribution in [0.3, 0.4) is 0 Å². The monoisotopic (exact) mass is 377 g/mol. The summed E-state index contributed by atoms with van der Waals surface area (Å²) in [5, 5.41) is 9.35. The first kappa shape index (κ1) is 18.4. The van der Waals surface area contributed by atoms with E-state index in [4.69, 9.17) is 21.6 Å². The lowest BCUT2D eigenvalue weighted by Crippen LogP contribution is -2.48. The van der Waals surface area contributed by atoms with Crippen LogP contribution in [0.1, 0.15) is 5.56 Å². The van der Waals surface area contributed by atoms with Crippen molar-refractivity contribution in [3.63, 3.8) is 0 Å². The van der Waals surface area contributed by atoms with E-state index >= 15 is 0 Å². The molecule has 7 heteroatoms.